The second-order valence-corrected chi connectivity index (χ2v) is 6.19. The highest BCUT2D eigenvalue weighted by atomic mass is 35.5. The third-order valence-electron chi connectivity index (χ3n) is 4.66. The lowest BCUT2D eigenvalue weighted by molar-refractivity contribution is 1.44. The zero-order valence-electron chi connectivity index (χ0n) is 11.9. The van der Waals surface area contributed by atoms with Crippen LogP contribution in [0.1, 0.15) is 5.56 Å². The van der Waals surface area contributed by atoms with Crippen molar-refractivity contribution in [3.63, 3.8) is 0 Å². The van der Waals surface area contributed by atoms with Gasteiger partial charge in [0.15, 0.2) is 0 Å². The minimum Gasteiger partial charge on any atom is -0.122 e. The van der Waals surface area contributed by atoms with E-state index in [1.54, 1.807) is 0 Å². The van der Waals surface area contributed by atoms with Crippen molar-refractivity contribution >= 4 is 54.7 Å². The van der Waals surface area contributed by atoms with Crippen LogP contribution in [0.25, 0.3) is 43.1 Å². The van der Waals surface area contributed by atoms with Crippen LogP contribution in [0.4, 0.5) is 0 Å². The van der Waals surface area contributed by atoms with Crippen molar-refractivity contribution in [1.29, 1.82) is 0 Å². The zero-order chi connectivity index (χ0) is 14.7. The number of rotatable bonds is 1. The molecule has 0 heterocycles. The van der Waals surface area contributed by atoms with Crippen LogP contribution in [0, 0.1) is 0 Å². The van der Waals surface area contributed by atoms with Crippen LogP contribution in [0.5, 0.6) is 0 Å². The van der Waals surface area contributed by atoms with Crippen molar-refractivity contribution in [2.45, 2.75) is 5.88 Å². The molecule has 0 aliphatic heterocycles. The number of benzene rings is 5. The Labute approximate surface area is 133 Å². The maximum atomic E-state index is 6.04. The highest BCUT2D eigenvalue weighted by Gasteiger charge is 2.11. The molecule has 5 aromatic carbocycles. The van der Waals surface area contributed by atoms with Gasteiger partial charge in [-0.25, -0.2) is 0 Å². The van der Waals surface area contributed by atoms with E-state index in [-0.39, 0.29) is 0 Å². The quantitative estimate of drug-likeness (QED) is 0.189. The van der Waals surface area contributed by atoms with E-state index in [4.69, 9.17) is 11.6 Å². The van der Waals surface area contributed by atoms with Gasteiger partial charge in [0.1, 0.15) is 0 Å². The molecule has 0 fully saturated rings. The molecule has 22 heavy (non-hydrogen) atoms. The molecule has 0 saturated carbocycles. The van der Waals surface area contributed by atoms with Crippen molar-refractivity contribution in [2.75, 3.05) is 0 Å². The minimum atomic E-state index is 0.555. The van der Waals surface area contributed by atoms with Crippen LogP contribution < -0.4 is 0 Å². The van der Waals surface area contributed by atoms with Crippen LogP contribution in [-0.2, 0) is 5.88 Å². The normalized spacial score (nSPS) is 12.0. The highest BCUT2D eigenvalue weighted by molar-refractivity contribution is 6.29. The van der Waals surface area contributed by atoms with Crippen LogP contribution in [-0.4, -0.2) is 0 Å². The van der Waals surface area contributed by atoms with Gasteiger partial charge in [0.05, 0.1) is 0 Å². The molecule has 0 spiro atoms. The van der Waals surface area contributed by atoms with Crippen LogP contribution in [0.3, 0.4) is 0 Å². The molecule has 0 nitrogen and oxygen atoms in total. The molecular formula is C21H13Cl. The molecule has 0 amide bonds. The van der Waals surface area contributed by atoms with Gasteiger partial charge in [-0.3, -0.25) is 0 Å². The monoisotopic (exact) mass is 300 g/mol. The molecule has 0 aliphatic carbocycles. The molecule has 0 saturated heterocycles. The second kappa shape index (κ2) is 4.34. The van der Waals surface area contributed by atoms with E-state index in [9.17, 15) is 0 Å². The summed E-state index contributed by atoms with van der Waals surface area (Å²) >= 11 is 6.04. The van der Waals surface area contributed by atoms with Gasteiger partial charge in [0.25, 0.3) is 0 Å². The molecule has 0 radical (unpaired) electrons. The Balaban J connectivity index is 2.12. The predicted molar refractivity (Wildman–Crippen MR) is 97.2 cm³/mol. The summed E-state index contributed by atoms with van der Waals surface area (Å²) < 4.78 is 0. The molecule has 5 aromatic rings. The first-order valence-corrected chi connectivity index (χ1v) is 8.04. The summed E-state index contributed by atoms with van der Waals surface area (Å²) in [4.78, 5) is 0. The Morgan fingerprint density at radius 1 is 0.591 bits per heavy atom. The molecule has 0 atom stereocenters. The fourth-order valence-corrected chi connectivity index (χ4v) is 3.87. The Morgan fingerprint density at radius 3 is 2.05 bits per heavy atom. The van der Waals surface area contributed by atoms with Gasteiger partial charge in [-0.1, -0.05) is 48.5 Å². The summed E-state index contributed by atoms with van der Waals surface area (Å²) in [5.74, 6) is 0.555. The standard InChI is InChI=1S/C21H13Cl/c22-12-13-9-15-5-6-17-11-14-3-1-2-4-18(14)19-8-7-16(10-13)20(15)21(17)19/h1-11H,12H2. The van der Waals surface area contributed by atoms with E-state index < -0.39 is 0 Å². The zero-order valence-corrected chi connectivity index (χ0v) is 12.7. The Bertz CT molecular complexity index is 1140. The van der Waals surface area contributed by atoms with E-state index in [1.807, 2.05) is 0 Å². The van der Waals surface area contributed by atoms with Crippen molar-refractivity contribution in [3.8, 4) is 0 Å². The Hall–Kier alpha value is -2.31. The van der Waals surface area contributed by atoms with E-state index in [2.05, 4.69) is 66.7 Å². The maximum Gasteiger partial charge on any atom is 0.0474 e. The average Bonchev–Trinajstić information content (AvgIpc) is 2.58. The van der Waals surface area contributed by atoms with Crippen molar-refractivity contribution in [1.82, 2.24) is 0 Å². The maximum absolute atomic E-state index is 6.04. The van der Waals surface area contributed by atoms with Crippen LogP contribution in [0.15, 0.2) is 66.7 Å². The summed E-state index contributed by atoms with van der Waals surface area (Å²) in [6.07, 6.45) is 0. The average molecular weight is 301 g/mol. The summed E-state index contributed by atoms with van der Waals surface area (Å²) in [7, 11) is 0. The first-order chi connectivity index (χ1) is 10.8. The summed E-state index contributed by atoms with van der Waals surface area (Å²) in [5, 5.41) is 10.6. The number of fused-ring (bicyclic) bond motifs is 2. The van der Waals surface area contributed by atoms with Gasteiger partial charge >= 0.3 is 0 Å². The lowest BCUT2D eigenvalue weighted by Crippen LogP contribution is -1.87. The van der Waals surface area contributed by atoms with Crippen molar-refractivity contribution < 1.29 is 0 Å². The van der Waals surface area contributed by atoms with Gasteiger partial charge in [-0.05, 0) is 66.9 Å². The molecular weight excluding hydrogens is 288 g/mol. The van der Waals surface area contributed by atoms with Gasteiger partial charge in [-0.15, -0.1) is 11.6 Å². The third-order valence-corrected chi connectivity index (χ3v) is 4.96. The Morgan fingerprint density at radius 2 is 1.27 bits per heavy atom. The van der Waals surface area contributed by atoms with Gasteiger partial charge < -0.3 is 0 Å². The topological polar surface area (TPSA) is 0 Å². The SMILES string of the molecule is ClCc1cc2ccc3cc4ccccc4c4ccc(c1)c2c34. The number of hydrogen-bond donors (Lipinski definition) is 0. The largest absolute Gasteiger partial charge is 0.122 e. The van der Waals surface area contributed by atoms with Gasteiger partial charge in [-0.2, -0.15) is 0 Å². The summed E-state index contributed by atoms with van der Waals surface area (Å²) in [6, 6.07) is 24.3. The molecule has 0 aromatic heterocycles. The van der Waals surface area contributed by atoms with Crippen molar-refractivity contribution in [3.05, 3.63) is 72.3 Å². The lowest BCUT2D eigenvalue weighted by Gasteiger charge is -2.14. The van der Waals surface area contributed by atoms with E-state index in [1.165, 1.54) is 48.7 Å². The summed E-state index contributed by atoms with van der Waals surface area (Å²) in [5.41, 5.74) is 1.18. The van der Waals surface area contributed by atoms with Crippen LogP contribution in [0.2, 0.25) is 0 Å². The van der Waals surface area contributed by atoms with Crippen molar-refractivity contribution in [2.24, 2.45) is 0 Å². The first kappa shape index (κ1) is 12.3. The number of hydrogen-bond acceptors (Lipinski definition) is 0. The lowest BCUT2D eigenvalue weighted by atomic mass is 9.90. The minimum absolute atomic E-state index is 0.555. The molecule has 0 N–H and O–H groups in total. The third kappa shape index (κ3) is 1.53. The molecule has 1 heteroatoms. The number of alkyl halides is 1. The highest BCUT2D eigenvalue weighted by Crippen LogP contribution is 2.38. The first-order valence-electron chi connectivity index (χ1n) is 7.50. The van der Waals surface area contributed by atoms with E-state index in [0.29, 0.717) is 5.88 Å². The van der Waals surface area contributed by atoms with Gasteiger partial charge in [0, 0.05) is 5.88 Å². The van der Waals surface area contributed by atoms with E-state index >= 15 is 0 Å². The fraction of sp³-hybridized carbons (Fsp3) is 0.0476. The van der Waals surface area contributed by atoms with E-state index in [0.717, 1.165) is 0 Å². The molecule has 0 unspecified atom stereocenters. The molecule has 104 valence electrons. The molecule has 0 aliphatic rings. The molecule has 5 rings (SSSR count). The number of halogens is 1. The van der Waals surface area contributed by atoms with Crippen LogP contribution >= 0.6 is 11.6 Å². The fourth-order valence-electron chi connectivity index (χ4n) is 3.72. The summed E-state index contributed by atoms with van der Waals surface area (Å²) in [6.45, 7) is 0. The molecule has 0 bridgehead atoms. The van der Waals surface area contributed by atoms with Gasteiger partial charge in [0.2, 0.25) is 0 Å². The second-order valence-electron chi connectivity index (χ2n) is 5.93. The smallest absolute Gasteiger partial charge is 0.0474 e. The predicted octanol–water partition coefficient (Wildman–Crippen LogP) is 6.48. The Kier molecular flexibility index (Phi) is 2.42.